The quantitative estimate of drug-likeness (QED) is 0.902. The van der Waals surface area contributed by atoms with E-state index in [1.165, 1.54) is 13.8 Å². The summed E-state index contributed by atoms with van der Waals surface area (Å²) in [6.45, 7) is 1.95. The summed E-state index contributed by atoms with van der Waals surface area (Å²) in [6, 6.07) is 3.20. The fourth-order valence-electron chi connectivity index (χ4n) is 2.30. The number of aryl methyl sites for hydroxylation is 3. The second-order valence-electron chi connectivity index (χ2n) is 4.91. The van der Waals surface area contributed by atoms with E-state index in [2.05, 4.69) is 0 Å². The molecular formula is C13H18F3NO3S. The van der Waals surface area contributed by atoms with Crippen LogP contribution in [0.5, 0.6) is 0 Å². The molecule has 0 unspecified atom stereocenters. The minimum absolute atomic E-state index is 0.134. The van der Waals surface area contributed by atoms with Gasteiger partial charge >= 0.3 is 6.18 Å². The number of rotatable bonds is 5. The van der Waals surface area contributed by atoms with Gasteiger partial charge in [0.1, 0.15) is 6.54 Å². The zero-order chi connectivity index (χ0) is 16.4. The van der Waals surface area contributed by atoms with Crippen molar-refractivity contribution in [2.24, 2.45) is 0 Å². The summed E-state index contributed by atoms with van der Waals surface area (Å²) < 4.78 is 62.9. The van der Waals surface area contributed by atoms with Crippen LogP contribution in [-0.2, 0) is 10.0 Å². The van der Waals surface area contributed by atoms with E-state index in [0.717, 1.165) is 5.56 Å². The molecule has 1 rings (SSSR count). The van der Waals surface area contributed by atoms with Crippen molar-refractivity contribution < 1.29 is 26.7 Å². The van der Waals surface area contributed by atoms with Gasteiger partial charge in [-0.3, -0.25) is 0 Å². The molecule has 0 amide bonds. The van der Waals surface area contributed by atoms with Crippen LogP contribution < -0.4 is 0 Å². The summed E-state index contributed by atoms with van der Waals surface area (Å²) in [6.07, 6.45) is -4.67. The summed E-state index contributed by atoms with van der Waals surface area (Å²) in [4.78, 5) is -0.134. The number of nitrogens with zero attached hydrogens (tertiary/aromatic N) is 1. The van der Waals surface area contributed by atoms with Crippen molar-refractivity contribution in [3.05, 3.63) is 28.8 Å². The Morgan fingerprint density at radius 3 is 2.00 bits per heavy atom. The molecular weight excluding hydrogens is 307 g/mol. The third kappa shape index (κ3) is 4.42. The van der Waals surface area contributed by atoms with Crippen molar-refractivity contribution in [1.29, 1.82) is 0 Å². The Labute approximate surface area is 122 Å². The lowest BCUT2D eigenvalue weighted by molar-refractivity contribution is -0.136. The van der Waals surface area contributed by atoms with Gasteiger partial charge in [-0.2, -0.15) is 17.5 Å². The van der Waals surface area contributed by atoms with Crippen molar-refractivity contribution in [2.45, 2.75) is 31.8 Å². The number of aliphatic hydroxyl groups is 1. The Bertz CT molecular complexity index is 589. The van der Waals surface area contributed by atoms with E-state index in [1.54, 1.807) is 19.1 Å². The molecule has 0 spiro atoms. The van der Waals surface area contributed by atoms with Gasteiger partial charge in [0.2, 0.25) is 10.0 Å². The molecule has 21 heavy (non-hydrogen) atoms. The molecule has 0 aliphatic rings. The molecule has 0 saturated heterocycles. The zero-order valence-corrected chi connectivity index (χ0v) is 12.8. The van der Waals surface area contributed by atoms with E-state index >= 15 is 0 Å². The molecule has 0 bridgehead atoms. The summed E-state index contributed by atoms with van der Waals surface area (Å²) in [5.74, 6) is 0. The lowest BCUT2D eigenvalue weighted by Gasteiger charge is -2.24. The first kappa shape index (κ1) is 17.9. The Balaban J connectivity index is 3.36. The number of alkyl halides is 3. The number of aliphatic hydroxyl groups excluding tert-OH is 1. The zero-order valence-electron chi connectivity index (χ0n) is 12.0. The highest BCUT2D eigenvalue weighted by atomic mass is 32.2. The fraction of sp³-hybridized carbons (Fsp3) is 0.538. The van der Waals surface area contributed by atoms with Crippen LogP contribution in [-0.4, -0.2) is 43.7 Å². The molecule has 8 heteroatoms. The van der Waals surface area contributed by atoms with Gasteiger partial charge in [-0.15, -0.1) is 0 Å². The van der Waals surface area contributed by atoms with E-state index in [9.17, 15) is 21.6 Å². The van der Waals surface area contributed by atoms with Gasteiger partial charge in [0.05, 0.1) is 11.5 Å². The van der Waals surface area contributed by atoms with Gasteiger partial charge < -0.3 is 5.11 Å². The van der Waals surface area contributed by atoms with Crippen LogP contribution in [0.2, 0.25) is 0 Å². The SMILES string of the molecule is Cc1cc(C)c(S(=O)(=O)N(CCO)CC(F)(F)F)c(C)c1. The van der Waals surface area contributed by atoms with Gasteiger partial charge in [0.15, 0.2) is 0 Å². The van der Waals surface area contributed by atoms with Crippen LogP contribution in [0.15, 0.2) is 17.0 Å². The van der Waals surface area contributed by atoms with E-state index in [0.29, 0.717) is 11.1 Å². The van der Waals surface area contributed by atoms with Crippen LogP contribution in [0, 0.1) is 20.8 Å². The third-order valence-corrected chi connectivity index (χ3v) is 5.06. The molecule has 1 aromatic carbocycles. The highest BCUT2D eigenvalue weighted by molar-refractivity contribution is 7.89. The summed E-state index contributed by atoms with van der Waals surface area (Å²) in [5, 5.41) is 8.85. The second kappa shape index (κ2) is 6.33. The number of sulfonamides is 1. The number of halogens is 3. The van der Waals surface area contributed by atoms with Crippen molar-refractivity contribution >= 4 is 10.0 Å². The molecule has 0 aromatic heterocycles. The van der Waals surface area contributed by atoms with Crippen LogP contribution in [0.3, 0.4) is 0 Å². The Hall–Kier alpha value is -1.12. The molecule has 1 aromatic rings. The average Bonchev–Trinajstić information content (AvgIpc) is 2.24. The Morgan fingerprint density at radius 2 is 1.62 bits per heavy atom. The molecule has 0 fully saturated rings. The molecule has 4 nitrogen and oxygen atoms in total. The third-order valence-electron chi connectivity index (χ3n) is 2.91. The smallest absolute Gasteiger partial charge is 0.395 e. The van der Waals surface area contributed by atoms with Gasteiger partial charge in [-0.25, -0.2) is 8.42 Å². The predicted molar refractivity (Wildman–Crippen MR) is 72.6 cm³/mol. The highest BCUT2D eigenvalue weighted by Gasteiger charge is 2.37. The Morgan fingerprint density at radius 1 is 1.14 bits per heavy atom. The average molecular weight is 325 g/mol. The summed E-state index contributed by atoms with van der Waals surface area (Å²) in [7, 11) is -4.32. The van der Waals surface area contributed by atoms with Crippen molar-refractivity contribution in [3.63, 3.8) is 0 Å². The maximum Gasteiger partial charge on any atom is 0.402 e. The van der Waals surface area contributed by atoms with Crippen molar-refractivity contribution in [2.75, 3.05) is 19.7 Å². The molecule has 0 aliphatic heterocycles. The van der Waals surface area contributed by atoms with Crippen LogP contribution in [0.25, 0.3) is 0 Å². The maximum atomic E-state index is 12.6. The number of hydrogen-bond acceptors (Lipinski definition) is 3. The minimum atomic E-state index is -4.67. The molecule has 0 heterocycles. The van der Waals surface area contributed by atoms with E-state index in [4.69, 9.17) is 5.11 Å². The van der Waals surface area contributed by atoms with Gasteiger partial charge in [0, 0.05) is 6.54 Å². The standard InChI is InChI=1S/C13H18F3NO3S/c1-9-6-10(2)12(11(3)7-9)21(19,20)17(4-5-18)8-13(14,15)16/h6-7,18H,4-5,8H2,1-3H3. The van der Waals surface area contributed by atoms with Crippen LogP contribution in [0.4, 0.5) is 13.2 Å². The Kier molecular flexibility index (Phi) is 5.40. The number of hydrogen-bond donors (Lipinski definition) is 1. The van der Waals surface area contributed by atoms with Crippen molar-refractivity contribution in [3.8, 4) is 0 Å². The second-order valence-corrected chi connectivity index (χ2v) is 6.78. The topological polar surface area (TPSA) is 57.6 Å². The molecule has 1 N–H and O–H groups in total. The van der Waals surface area contributed by atoms with Crippen molar-refractivity contribution in [1.82, 2.24) is 4.31 Å². The van der Waals surface area contributed by atoms with Crippen LogP contribution in [0.1, 0.15) is 16.7 Å². The lowest BCUT2D eigenvalue weighted by Crippen LogP contribution is -2.41. The van der Waals surface area contributed by atoms with Crippen LogP contribution >= 0.6 is 0 Å². The molecule has 0 aliphatic carbocycles. The van der Waals surface area contributed by atoms with E-state index in [1.807, 2.05) is 0 Å². The molecule has 120 valence electrons. The summed E-state index contributed by atoms with van der Waals surface area (Å²) in [5.41, 5.74) is 1.60. The predicted octanol–water partition coefficient (Wildman–Crippen LogP) is 2.16. The van der Waals surface area contributed by atoms with E-state index < -0.39 is 35.9 Å². The fourth-order valence-corrected chi connectivity index (χ4v) is 4.13. The molecule has 0 radical (unpaired) electrons. The maximum absolute atomic E-state index is 12.6. The highest BCUT2D eigenvalue weighted by Crippen LogP contribution is 2.27. The lowest BCUT2D eigenvalue weighted by atomic mass is 10.1. The normalized spacial score (nSPS) is 13.0. The first-order valence-electron chi connectivity index (χ1n) is 6.24. The first-order chi connectivity index (χ1) is 9.49. The molecule has 0 atom stereocenters. The van der Waals surface area contributed by atoms with Gasteiger partial charge in [-0.05, 0) is 31.9 Å². The number of benzene rings is 1. The summed E-state index contributed by atoms with van der Waals surface area (Å²) >= 11 is 0. The van der Waals surface area contributed by atoms with Gasteiger partial charge in [0.25, 0.3) is 0 Å². The first-order valence-corrected chi connectivity index (χ1v) is 7.68. The monoisotopic (exact) mass is 325 g/mol. The van der Waals surface area contributed by atoms with E-state index in [-0.39, 0.29) is 9.20 Å². The van der Waals surface area contributed by atoms with Gasteiger partial charge in [-0.1, -0.05) is 17.7 Å². The minimum Gasteiger partial charge on any atom is -0.395 e. The molecule has 0 saturated carbocycles. The largest absolute Gasteiger partial charge is 0.402 e.